The van der Waals surface area contributed by atoms with E-state index in [1.54, 1.807) is 35.0 Å². The van der Waals surface area contributed by atoms with Gasteiger partial charge in [-0.3, -0.25) is 14.5 Å². The monoisotopic (exact) mass is 414 g/mol. The van der Waals surface area contributed by atoms with E-state index in [1.165, 1.54) is 7.11 Å². The van der Waals surface area contributed by atoms with E-state index in [1.807, 2.05) is 6.92 Å². The number of rotatable bonds is 3. The SMILES string of the molecule is COc1ccc(Cl)cc1C(=O)N1CC[C@@H](c2nc(C)c3c(n2)N(C)C(=O)CC3)C1. The van der Waals surface area contributed by atoms with Gasteiger partial charge in [0.25, 0.3) is 5.91 Å². The number of amides is 2. The first-order valence-electron chi connectivity index (χ1n) is 9.65. The van der Waals surface area contributed by atoms with Crippen LogP contribution in [0.5, 0.6) is 5.75 Å². The van der Waals surface area contributed by atoms with Crippen LogP contribution in [-0.2, 0) is 11.2 Å². The molecule has 2 amide bonds. The fourth-order valence-corrected chi connectivity index (χ4v) is 4.22. The van der Waals surface area contributed by atoms with Crippen LogP contribution in [0, 0.1) is 6.92 Å². The number of methoxy groups -OCH3 is 1. The Kier molecular flexibility index (Phi) is 5.17. The summed E-state index contributed by atoms with van der Waals surface area (Å²) < 4.78 is 5.32. The van der Waals surface area contributed by atoms with E-state index in [0.29, 0.717) is 53.9 Å². The van der Waals surface area contributed by atoms with Crippen molar-refractivity contribution >= 4 is 29.2 Å². The number of benzene rings is 1. The van der Waals surface area contributed by atoms with E-state index in [2.05, 4.69) is 0 Å². The molecule has 1 fully saturated rings. The van der Waals surface area contributed by atoms with Crippen LogP contribution in [0.15, 0.2) is 18.2 Å². The van der Waals surface area contributed by atoms with Crippen LogP contribution in [0.1, 0.15) is 46.2 Å². The molecule has 3 heterocycles. The second kappa shape index (κ2) is 7.63. The van der Waals surface area contributed by atoms with Crippen molar-refractivity contribution in [2.45, 2.75) is 32.1 Å². The summed E-state index contributed by atoms with van der Waals surface area (Å²) in [7, 11) is 3.29. The van der Waals surface area contributed by atoms with E-state index < -0.39 is 0 Å². The fourth-order valence-electron chi connectivity index (χ4n) is 4.05. The standard InChI is InChI=1S/C21H23ClN4O3/c1-12-15-5-7-18(27)25(2)20(15)24-19(23-12)13-8-9-26(11-13)21(28)16-10-14(22)4-6-17(16)29-3/h4,6,10,13H,5,7-9,11H2,1-3H3/t13-/m1/s1. The largest absolute Gasteiger partial charge is 0.496 e. The molecular weight excluding hydrogens is 392 g/mol. The highest BCUT2D eigenvalue weighted by molar-refractivity contribution is 6.31. The molecular formula is C21H23ClN4O3. The minimum Gasteiger partial charge on any atom is -0.496 e. The van der Waals surface area contributed by atoms with Crippen molar-refractivity contribution in [1.82, 2.24) is 14.9 Å². The Labute approximate surface area is 174 Å². The third-order valence-corrected chi connectivity index (χ3v) is 5.96. The second-order valence-corrected chi connectivity index (χ2v) is 7.94. The van der Waals surface area contributed by atoms with Crippen molar-refractivity contribution in [3.63, 3.8) is 0 Å². The number of aryl methyl sites for hydroxylation is 1. The van der Waals surface area contributed by atoms with Crippen LogP contribution >= 0.6 is 11.6 Å². The van der Waals surface area contributed by atoms with Crippen molar-refractivity contribution in [1.29, 1.82) is 0 Å². The normalized spacial score (nSPS) is 18.8. The molecule has 2 aromatic rings. The number of fused-ring (bicyclic) bond motifs is 1. The molecule has 0 radical (unpaired) electrons. The minimum absolute atomic E-state index is 0.0264. The van der Waals surface area contributed by atoms with Crippen LogP contribution in [0.2, 0.25) is 5.02 Å². The van der Waals surface area contributed by atoms with Gasteiger partial charge in [-0.1, -0.05) is 11.6 Å². The number of likely N-dealkylation sites (tertiary alicyclic amines) is 1. The number of nitrogens with zero attached hydrogens (tertiary/aromatic N) is 4. The van der Waals surface area contributed by atoms with Gasteiger partial charge in [-0.25, -0.2) is 9.97 Å². The summed E-state index contributed by atoms with van der Waals surface area (Å²) in [6.07, 6.45) is 1.93. The molecule has 2 aliphatic heterocycles. The van der Waals surface area contributed by atoms with Crippen molar-refractivity contribution in [2.75, 3.05) is 32.1 Å². The maximum absolute atomic E-state index is 13.0. The molecule has 8 heteroatoms. The summed E-state index contributed by atoms with van der Waals surface area (Å²) in [5.41, 5.74) is 2.39. The first-order valence-corrected chi connectivity index (χ1v) is 10.0. The van der Waals surface area contributed by atoms with Crippen molar-refractivity contribution in [2.24, 2.45) is 0 Å². The number of hydrogen-bond acceptors (Lipinski definition) is 5. The maximum atomic E-state index is 13.0. The summed E-state index contributed by atoms with van der Waals surface area (Å²) in [6, 6.07) is 5.04. The maximum Gasteiger partial charge on any atom is 0.257 e. The van der Waals surface area contributed by atoms with Crippen LogP contribution < -0.4 is 9.64 Å². The van der Waals surface area contributed by atoms with Crippen LogP contribution in [0.4, 0.5) is 5.82 Å². The summed E-state index contributed by atoms with van der Waals surface area (Å²) in [5, 5.41) is 0.492. The third-order valence-electron chi connectivity index (χ3n) is 5.72. The molecule has 0 aliphatic carbocycles. The average Bonchev–Trinajstić information content (AvgIpc) is 3.20. The van der Waals surface area contributed by atoms with Gasteiger partial charge < -0.3 is 9.64 Å². The lowest BCUT2D eigenvalue weighted by atomic mass is 10.0. The fraction of sp³-hybridized carbons (Fsp3) is 0.429. The van der Waals surface area contributed by atoms with E-state index in [9.17, 15) is 9.59 Å². The lowest BCUT2D eigenvalue weighted by molar-refractivity contribution is -0.118. The molecule has 0 bridgehead atoms. The average molecular weight is 415 g/mol. The number of halogens is 1. The second-order valence-electron chi connectivity index (χ2n) is 7.50. The zero-order chi connectivity index (χ0) is 20.7. The van der Waals surface area contributed by atoms with Crippen molar-refractivity contribution < 1.29 is 14.3 Å². The Balaban J connectivity index is 1.58. The number of hydrogen-bond donors (Lipinski definition) is 0. The number of anilines is 1. The van der Waals surface area contributed by atoms with Gasteiger partial charge in [0.15, 0.2) is 0 Å². The quantitative estimate of drug-likeness (QED) is 0.771. The predicted molar refractivity (Wildman–Crippen MR) is 110 cm³/mol. The van der Waals surface area contributed by atoms with Crippen molar-refractivity contribution in [3.05, 3.63) is 45.9 Å². The van der Waals surface area contributed by atoms with Crippen LogP contribution in [0.25, 0.3) is 0 Å². The van der Waals surface area contributed by atoms with Gasteiger partial charge in [0.05, 0.1) is 12.7 Å². The molecule has 0 spiro atoms. The van der Waals surface area contributed by atoms with E-state index in [4.69, 9.17) is 26.3 Å². The van der Waals surface area contributed by atoms with Gasteiger partial charge in [-0.2, -0.15) is 0 Å². The summed E-state index contributed by atoms with van der Waals surface area (Å²) in [5.74, 6) is 1.87. The first-order chi connectivity index (χ1) is 13.9. The van der Waals surface area contributed by atoms with Gasteiger partial charge >= 0.3 is 0 Å². The number of ether oxygens (including phenoxy) is 1. The van der Waals surface area contributed by atoms with Gasteiger partial charge in [-0.05, 0) is 38.0 Å². The molecule has 2 aliphatic rings. The topological polar surface area (TPSA) is 75.6 Å². The molecule has 0 N–H and O–H groups in total. The Bertz CT molecular complexity index is 994. The molecule has 0 unspecified atom stereocenters. The molecule has 29 heavy (non-hydrogen) atoms. The minimum atomic E-state index is -0.117. The smallest absolute Gasteiger partial charge is 0.257 e. The highest BCUT2D eigenvalue weighted by atomic mass is 35.5. The summed E-state index contributed by atoms with van der Waals surface area (Å²) in [6.45, 7) is 3.08. The van der Waals surface area contributed by atoms with E-state index >= 15 is 0 Å². The summed E-state index contributed by atoms with van der Waals surface area (Å²) >= 11 is 6.08. The third kappa shape index (κ3) is 3.55. The number of carbonyl (C=O) groups is 2. The molecule has 152 valence electrons. The lowest BCUT2D eigenvalue weighted by Gasteiger charge is -2.26. The van der Waals surface area contributed by atoms with Crippen molar-refractivity contribution in [3.8, 4) is 5.75 Å². The van der Waals surface area contributed by atoms with Gasteiger partial charge in [0, 0.05) is 48.8 Å². The highest BCUT2D eigenvalue weighted by Crippen LogP contribution is 2.33. The number of aromatic nitrogens is 2. The highest BCUT2D eigenvalue weighted by Gasteiger charge is 2.33. The summed E-state index contributed by atoms with van der Waals surface area (Å²) in [4.78, 5) is 37.9. The van der Waals surface area contributed by atoms with Crippen LogP contribution in [0.3, 0.4) is 0 Å². The Hall–Kier alpha value is -2.67. The molecule has 7 nitrogen and oxygen atoms in total. The van der Waals surface area contributed by atoms with Crippen LogP contribution in [-0.4, -0.2) is 53.9 Å². The lowest BCUT2D eigenvalue weighted by Crippen LogP contribution is -2.33. The Morgan fingerprint density at radius 1 is 1.28 bits per heavy atom. The van der Waals surface area contributed by atoms with E-state index in [0.717, 1.165) is 17.7 Å². The Morgan fingerprint density at radius 2 is 2.07 bits per heavy atom. The first kappa shape index (κ1) is 19.6. The molecule has 1 atom stereocenters. The zero-order valence-electron chi connectivity index (χ0n) is 16.7. The molecule has 0 saturated carbocycles. The van der Waals surface area contributed by atoms with Gasteiger partial charge in [-0.15, -0.1) is 0 Å². The molecule has 1 aromatic carbocycles. The zero-order valence-corrected chi connectivity index (χ0v) is 17.5. The number of carbonyl (C=O) groups excluding carboxylic acids is 2. The molecule has 4 rings (SSSR count). The predicted octanol–water partition coefficient (Wildman–Crippen LogP) is 2.99. The molecule has 1 aromatic heterocycles. The Morgan fingerprint density at radius 3 is 2.83 bits per heavy atom. The van der Waals surface area contributed by atoms with E-state index in [-0.39, 0.29) is 17.7 Å². The van der Waals surface area contributed by atoms with Gasteiger partial charge in [0.2, 0.25) is 5.91 Å². The molecule has 1 saturated heterocycles. The van der Waals surface area contributed by atoms with Gasteiger partial charge in [0.1, 0.15) is 17.4 Å².